The van der Waals surface area contributed by atoms with E-state index in [-0.39, 0.29) is 11.6 Å². The van der Waals surface area contributed by atoms with Gasteiger partial charge in [-0.25, -0.2) is 4.39 Å². The van der Waals surface area contributed by atoms with Crippen molar-refractivity contribution >= 4 is 0 Å². The van der Waals surface area contributed by atoms with Crippen molar-refractivity contribution in [1.29, 1.82) is 0 Å². The maximum absolute atomic E-state index is 13.6. The van der Waals surface area contributed by atoms with Gasteiger partial charge in [-0.1, -0.05) is 12.1 Å². The fraction of sp³-hybridized carbons (Fsp3) is 0.294. The van der Waals surface area contributed by atoms with Crippen LogP contribution in [-0.4, -0.2) is 12.2 Å². The lowest BCUT2D eigenvalue weighted by atomic mass is 10.1. The summed E-state index contributed by atoms with van der Waals surface area (Å²) < 4.78 is 18.7. The SMILES string of the molecule is COc1ccc(O)c(CNCc2cc(C)c(F)c(C)c2)c1. The monoisotopic (exact) mass is 289 g/mol. The molecule has 0 amide bonds. The maximum atomic E-state index is 13.6. The molecule has 0 bridgehead atoms. The molecule has 21 heavy (non-hydrogen) atoms. The van der Waals surface area contributed by atoms with Gasteiger partial charge in [-0.15, -0.1) is 0 Å². The largest absolute Gasteiger partial charge is 0.508 e. The molecule has 0 fully saturated rings. The minimum Gasteiger partial charge on any atom is -0.508 e. The Morgan fingerprint density at radius 3 is 2.38 bits per heavy atom. The smallest absolute Gasteiger partial charge is 0.129 e. The van der Waals surface area contributed by atoms with Gasteiger partial charge in [0.25, 0.3) is 0 Å². The summed E-state index contributed by atoms with van der Waals surface area (Å²) in [5.41, 5.74) is 3.09. The summed E-state index contributed by atoms with van der Waals surface area (Å²) in [6.45, 7) is 4.65. The molecule has 0 radical (unpaired) electrons. The predicted molar refractivity (Wildman–Crippen MR) is 81.1 cm³/mol. The minimum absolute atomic E-state index is 0.149. The summed E-state index contributed by atoms with van der Waals surface area (Å²) in [7, 11) is 1.59. The average molecular weight is 289 g/mol. The highest BCUT2D eigenvalue weighted by Gasteiger charge is 2.06. The van der Waals surface area contributed by atoms with Crippen LogP contribution in [0.25, 0.3) is 0 Å². The lowest BCUT2D eigenvalue weighted by Gasteiger charge is -2.10. The van der Waals surface area contributed by atoms with Gasteiger partial charge in [0.2, 0.25) is 0 Å². The van der Waals surface area contributed by atoms with E-state index in [9.17, 15) is 9.50 Å². The first-order valence-corrected chi connectivity index (χ1v) is 6.83. The molecule has 0 aliphatic rings. The number of rotatable bonds is 5. The molecule has 0 heterocycles. The van der Waals surface area contributed by atoms with E-state index in [4.69, 9.17) is 4.74 Å². The van der Waals surface area contributed by atoms with Crippen molar-refractivity contribution in [2.45, 2.75) is 26.9 Å². The molecule has 0 atom stereocenters. The first-order valence-electron chi connectivity index (χ1n) is 6.83. The number of methoxy groups -OCH3 is 1. The fourth-order valence-electron chi connectivity index (χ4n) is 2.31. The van der Waals surface area contributed by atoms with Crippen LogP contribution in [0.15, 0.2) is 30.3 Å². The van der Waals surface area contributed by atoms with Crippen LogP contribution in [0.2, 0.25) is 0 Å². The molecule has 2 rings (SSSR count). The average Bonchev–Trinajstić information content (AvgIpc) is 2.46. The first-order chi connectivity index (χ1) is 10.0. The molecule has 0 spiro atoms. The summed E-state index contributed by atoms with van der Waals surface area (Å²) in [6.07, 6.45) is 0. The first kappa shape index (κ1) is 15.3. The Labute approximate surface area is 124 Å². The summed E-state index contributed by atoms with van der Waals surface area (Å²) in [5.74, 6) is 0.789. The number of hydrogen-bond acceptors (Lipinski definition) is 3. The van der Waals surface area contributed by atoms with Crippen molar-refractivity contribution in [3.63, 3.8) is 0 Å². The van der Waals surface area contributed by atoms with Crippen molar-refractivity contribution in [2.24, 2.45) is 0 Å². The summed E-state index contributed by atoms with van der Waals surface area (Å²) in [5, 5.41) is 13.1. The van der Waals surface area contributed by atoms with Crippen LogP contribution in [-0.2, 0) is 13.1 Å². The van der Waals surface area contributed by atoms with E-state index < -0.39 is 0 Å². The maximum Gasteiger partial charge on any atom is 0.129 e. The summed E-state index contributed by atoms with van der Waals surface area (Å²) in [6, 6.07) is 8.79. The van der Waals surface area contributed by atoms with Gasteiger partial charge in [0, 0.05) is 18.7 Å². The number of aromatic hydroxyl groups is 1. The quantitative estimate of drug-likeness (QED) is 0.886. The van der Waals surface area contributed by atoms with Gasteiger partial charge in [-0.3, -0.25) is 0 Å². The highest BCUT2D eigenvalue weighted by atomic mass is 19.1. The van der Waals surface area contributed by atoms with Gasteiger partial charge in [0.15, 0.2) is 0 Å². The number of hydrogen-bond donors (Lipinski definition) is 2. The van der Waals surface area contributed by atoms with Crippen molar-refractivity contribution in [3.8, 4) is 11.5 Å². The summed E-state index contributed by atoms with van der Waals surface area (Å²) in [4.78, 5) is 0. The van der Waals surface area contributed by atoms with E-state index in [0.717, 1.165) is 11.1 Å². The standard InChI is InChI=1S/C17H20FNO2/c1-11-6-13(7-12(2)17(11)18)9-19-10-14-8-15(21-3)4-5-16(14)20/h4-8,19-20H,9-10H2,1-3H3. The van der Waals surface area contributed by atoms with Crippen molar-refractivity contribution in [2.75, 3.05) is 7.11 Å². The topological polar surface area (TPSA) is 41.5 Å². The zero-order valence-electron chi connectivity index (χ0n) is 12.5. The number of nitrogens with one attached hydrogen (secondary N) is 1. The zero-order valence-corrected chi connectivity index (χ0v) is 12.5. The Kier molecular flexibility index (Phi) is 4.81. The highest BCUT2D eigenvalue weighted by molar-refractivity contribution is 5.39. The number of ether oxygens (including phenoxy) is 1. The van der Waals surface area contributed by atoms with Crippen LogP contribution >= 0.6 is 0 Å². The molecule has 2 N–H and O–H groups in total. The normalized spacial score (nSPS) is 10.7. The number of aryl methyl sites for hydroxylation is 2. The molecule has 2 aromatic carbocycles. The molecule has 112 valence electrons. The van der Waals surface area contributed by atoms with Crippen LogP contribution in [0.1, 0.15) is 22.3 Å². The van der Waals surface area contributed by atoms with Gasteiger partial charge in [-0.2, -0.15) is 0 Å². The second kappa shape index (κ2) is 6.59. The van der Waals surface area contributed by atoms with E-state index in [1.165, 1.54) is 0 Å². The highest BCUT2D eigenvalue weighted by Crippen LogP contribution is 2.22. The van der Waals surface area contributed by atoms with E-state index >= 15 is 0 Å². The van der Waals surface area contributed by atoms with Crippen LogP contribution in [0, 0.1) is 19.7 Å². The molecule has 0 unspecified atom stereocenters. The van der Waals surface area contributed by atoms with E-state index in [2.05, 4.69) is 5.32 Å². The Hall–Kier alpha value is -2.07. The zero-order chi connectivity index (χ0) is 15.4. The number of phenolic OH excluding ortho intramolecular Hbond substituents is 1. The molecule has 3 nitrogen and oxygen atoms in total. The van der Waals surface area contributed by atoms with Crippen LogP contribution < -0.4 is 10.1 Å². The lowest BCUT2D eigenvalue weighted by molar-refractivity contribution is 0.410. The molecule has 0 saturated carbocycles. The summed E-state index contributed by atoms with van der Waals surface area (Å²) >= 11 is 0. The van der Waals surface area contributed by atoms with E-state index in [1.54, 1.807) is 39.2 Å². The van der Waals surface area contributed by atoms with E-state index in [1.807, 2.05) is 12.1 Å². The molecule has 0 aliphatic carbocycles. The molecule has 0 aliphatic heterocycles. The molecule has 0 aromatic heterocycles. The number of benzene rings is 2. The van der Waals surface area contributed by atoms with Crippen molar-refractivity contribution < 1.29 is 14.2 Å². The van der Waals surface area contributed by atoms with Gasteiger partial charge >= 0.3 is 0 Å². The molecule has 0 saturated heterocycles. The van der Waals surface area contributed by atoms with Gasteiger partial charge < -0.3 is 15.2 Å². The molecule has 2 aromatic rings. The van der Waals surface area contributed by atoms with Gasteiger partial charge in [0.1, 0.15) is 17.3 Å². The third-order valence-corrected chi connectivity index (χ3v) is 3.43. The van der Waals surface area contributed by atoms with Crippen LogP contribution in [0.5, 0.6) is 11.5 Å². The Bertz CT molecular complexity index is 618. The lowest BCUT2D eigenvalue weighted by Crippen LogP contribution is -2.13. The van der Waals surface area contributed by atoms with Gasteiger partial charge in [-0.05, 0) is 48.7 Å². The third-order valence-electron chi connectivity index (χ3n) is 3.43. The fourth-order valence-corrected chi connectivity index (χ4v) is 2.31. The molecule has 4 heteroatoms. The van der Waals surface area contributed by atoms with E-state index in [0.29, 0.717) is 30.0 Å². The number of phenols is 1. The third kappa shape index (κ3) is 3.73. The number of halogens is 1. The Morgan fingerprint density at radius 1 is 1.10 bits per heavy atom. The minimum atomic E-state index is -0.149. The molecular formula is C17H20FNO2. The Balaban J connectivity index is 2.01. The van der Waals surface area contributed by atoms with Gasteiger partial charge in [0.05, 0.1) is 7.11 Å². The van der Waals surface area contributed by atoms with Crippen LogP contribution in [0.4, 0.5) is 4.39 Å². The second-order valence-electron chi connectivity index (χ2n) is 5.14. The Morgan fingerprint density at radius 2 is 1.76 bits per heavy atom. The van der Waals surface area contributed by atoms with Crippen molar-refractivity contribution in [1.82, 2.24) is 5.32 Å². The van der Waals surface area contributed by atoms with Crippen LogP contribution in [0.3, 0.4) is 0 Å². The van der Waals surface area contributed by atoms with Crippen molar-refractivity contribution in [3.05, 3.63) is 58.4 Å². The second-order valence-corrected chi connectivity index (χ2v) is 5.14. The molecular weight excluding hydrogens is 269 g/mol. The predicted octanol–water partition coefficient (Wildman–Crippen LogP) is 3.45.